The second kappa shape index (κ2) is 16.2. The lowest BCUT2D eigenvalue weighted by molar-refractivity contribution is -0.164. The summed E-state index contributed by atoms with van der Waals surface area (Å²) < 4.78 is 6.38. The molecule has 1 N–H and O–H groups in total. The van der Waals surface area contributed by atoms with Crippen LogP contribution in [0.1, 0.15) is 103 Å². The molecule has 1 atom stereocenters. The van der Waals surface area contributed by atoms with E-state index in [2.05, 4.69) is 58.8 Å². The highest BCUT2D eigenvalue weighted by Gasteiger charge is 2.64. The molecule has 314 valence electrons. The highest BCUT2D eigenvalue weighted by Crippen LogP contribution is 2.55. The van der Waals surface area contributed by atoms with Gasteiger partial charge in [0.15, 0.2) is 5.78 Å². The Morgan fingerprint density at radius 3 is 2.27 bits per heavy atom. The van der Waals surface area contributed by atoms with Crippen LogP contribution in [0.25, 0.3) is 0 Å². The molecule has 2 saturated heterocycles. The maximum absolute atomic E-state index is 13.5. The molecule has 2 aliphatic carbocycles. The van der Waals surface area contributed by atoms with Crippen molar-refractivity contribution in [2.75, 3.05) is 55.6 Å². The fourth-order valence-corrected chi connectivity index (χ4v) is 10.5. The summed E-state index contributed by atoms with van der Waals surface area (Å²) in [5.41, 5.74) is 1.56. The molecule has 15 heteroatoms. The summed E-state index contributed by atoms with van der Waals surface area (Å²) in [4.78, 5) is 80.8. The second-order valence-corrected chi connectivity index (χ2v) is 18.5. The van der Waals surface area contributed by atoms with Crippen LogP contribution in [0.3, 0.4) is 0 Å². The van der Waals surface area contributed by atoms with Crippen LogP contribution < -0.4 is 19.9 Å². The number of nitriles is 1. The lowest BCUT2D eigenvalue weighted by Crippen LogP contribution is -2.74. The zero-order valence-corrected chi connectivity index (χ0v) is 35.3. The van der Waals surface area contributed by atoms with Crippen LogP contribution in [0.2, 0.25) is 5.02 Å². The number of Topliss-reactive ketones (excluding diaryl/α,β-unsaturated/α-hetero) is 2. The Labute approximate surface area is 355 Å². The van der Waals surface area contributed by atoms with Crippen LogP contribution >= 0.6 is 11.6 Å². The molecule has 2 aromatic carbocycles. The van der Waals surface area contributed by atoms with E-state index in [0.717, 1.165) is 62.6 Å². The number of rotatable bonds is 10. The van der Waals surface area contributed by atoms with Crippen molar-refractivity contribution in [1.82, 2.24) is 25.1 Å². The molecule has 4 fully saturated rings. The number of nitrogens with zero attached hydrogens (tertiary/aromatic N) is 7. The topological polar surface area (TPSA) is 169 Å². The zero-order valence-electron chi connectivity index (χ0n) is 34.6. The van der Waals surface area contributed by atoms with E-state index in [4.69, 9.17) is 16.3 Å². The molecule has 3 amide bonds. The first kappa shape index (κ1) is 41.3. The number of ether oxygens (including phenoxy) is 1. The number of piperazine rings is 1. The molecular weight excluding hydrogens is 784 g/mol. The number of fused-ring (bicyclic) bond motifs is 1. The fourth-order valence-electron chi connectivity index (χ4n) is 10.2. The first-order chi connectivity index (χ1) is 28.6. The quantitative estimate of drug-likeness (QED) is 0.206. The minimum atomic E-state index is -0.928. The summed E-state index contributed by atoms with van der Waals surface area (Å²) in [5, 5.41) is 12.9. The van der Waals surface area contributed by atoms with E-state index in [0.29, 0.717) is 46.9 Å². The minimum Gasteiger partial charge on any atom is -0.489 e. The summed E-state index contributed by atoms with van der Waals surface area (Å²) in [6.07, 6.45) is 4.59. The molecule has 8 rings (SSSR count). The number of carbonyl (C=O) groups is 5. The second-order valence-electron chi connectivity index (χ2n) is 18.0. The van der Waals surface area contributed by atoms with Gasteiger partial charge in [-0.1, -0.05) is 39.3 Å². The van der Waals surface area contributed by atoms with E-state index in [-0.39, 0.29) is 65.2 Å². The number of amides is 3. The molecule has 0 bridgehead atoms. The van der Waals surface area contributed by atoms with Gasteiger partial charge in [0.25, 0.3) is 17.7 Å². The molecule has 5 aliphatic rings. The van der Waals surface area contributed by atoms with Gasteiger partial charge in [0.1, 0.15) is 29.4 Å². The fraction of sp³-hybridized carbons (Fsp3) is 0.511. The Balaban J connectivity index is 0.769. The Bertz CT molecular complexity index is 2240. The molecule has 14 nitrogen and oxygen atoms in total. The average Bonchev–Trinajstić information content (AvgIpc) is 3.49. The predicted molar refractivity (Wildman–Crippen MR) is 224 cm³/mol. The van der Waals surface area contributed by atoms with E-state index >= 15 is 0 Å². The smallest absolute Gasteiger partial charge is 0.281 e. The normalized spacial score (nSPS) is 24.2. The van der Waals surface area contributed by atoms with Crippen molar-refractivity contribution in [3.05, 3.63) is 76.1 Å². The van der Waals surface area contributed by atoms with Crippen LogP contribution in [0.4, 0.5) is 11.6 Å². The van der Waals surface area contributed by atoms with Crippen LogP contribution in [0.15, 0.2) is 48.7 Å². The predicted octanol–water partition coefficient (Wildman–Crippen LogP) is 5.33. The summed E-state index contributed by atoms with van der Waals surface area (Å²) in [5.74, 6) is -0.224. The van der Waals surface area contributed by atoms with Crippen LogP contribution in [0.5, 0.6) is 5.75 Å². The molecule has 60 heavy (non-hydrogen) atoms. The number of nitrogens with one attached hydrogen (secondary N) is 1. The van der Waals surface area contributed by atoms with E-state index in [1.54, 1.807) is 18.2 Å². The molecule has 3 aromatic rings. The Morgan fingerprint density at radius 1 is 0.917 bits per heavy atom. The number of imide groups is 1. The van der Waals surface area contributed by atoms with Crippen molar-refractivity contribution in [1.29, 1.82) is 5.26 Å². The third-order valence-corrected chi connectivity index (χ3v) is 13.8. The molecule has 0 spiro atoms. The van der Waals surface area contributed by atoms with Gasteiger partial charge in [0.05, 0.1) is 28.6 Å². The average molecular weight is 835 g/mol. The molecule has 0 radical (unpaired) electrons. The van der Waals surface area contributed by atoms with E-state index in [9.17, 15) is 29.2 Å². The molecule has 3 aliphatic heterocycles. The molecule has 2 saturated carbocycles. The molecule has 4 heterocycles. The lowest BCUT2D eigenvalue weighted by atomic mass is 9.49. The van der Waals surface area contributed by atoms with Gasteiger partial charge in [-0.25, -0.2) is 9.97 Å². The largest absolute Gasteiger partial charge is 0.489 e. The third-order valence-electron chi connectivity index (χ3n) is 13.4. The minimum absolute atomic E-state index is 0.0247. The maximum atomic E-state index is 13.5. The first-order valence-electron chi connectivity index (χ1n) is 20.9. The number of hydrogen-bond acceptors (Lipinski definition) is 12. The Kier molecular flexibility index (Phi) is 11.2. The van der Waals surface area contributed by atoms with Gasteiger partial charge in [0.2, 0.25) is 5.95 Å². The van der Waals surface area contributed by atoms with Crippen LogP contribution in [-0.4, -0.2) is 113 Å². The number of aromatic nitrogens is 2. The van der Waals surface area contributed by atoms with Gasteiger partial charge in [-0.3, -0.25) is 33.8 Å². The maximum Gasteiger partial charge on any atom is 0.281 e. The number of carbonyl (C=O) groups excluding carboxylic acids is 5. The van der Waals surface area contributed by atoms with E-state index in [1.165, 1.54) is 6.20 Å². The summed E-state index contributed by atoms with van der Waals surface area (Å²) >= 11 is 6.25. The van der Waals surface area contributed by atoms with E-state index < -0.39 is 23.6 Å². The van der Waals surface area contributed by atoms with Gasteiger partial charge in [0, 0.05) is 86.1 Å². The summed E-state index contributed by atoms with van der Waals surface area (Å²) in [6, 6.07) is 14.0. The van der Waals surface area contributed by atoms with Gasteiger partial charge in [-0.2, -0.15) is 5.26 Å². The number of halogens is 1. The van der Waals surface area contributed by atoms with Crippen LogP contribution in [0, 0.1) is 28.1 Å². The summed E-state index contributed by atoms with van der Waals surface area (Å²) in [6.45, 7) is 14.4. The van der Waals surface area contributed by atoms with Gasteiger partial charge in [-0.05, 0) is 74.5 Å². The van der Waals surface area contributed by atoms with Crippen molar-refractivity contribution in [3.8, 4) is 11.8 Å². The molecule has 1 unspecified atom stereocenters. The first-order valence-corrected chi connectivity index (χ1v) is 21.3. The Hall–Kier alpha value is -5.39. The monoisotopic (exact) mass is 834 g/mol. The third kappa shape index (κ3) is 7.73. The zero-order chi connectivity index (χ0) is 42.5. The number of ketones is 2. The van der Waals surface area contributed by atoms with Gasteiger partial charge < -0.3 is 19.9 Å². The highest BCUT2D eigenvalue weighted by molar-refractivity contribution is 6.31. The van der Waals surface area contributed by atoms with Crippen molar-refractivity contribution in [2.45, 2.75) is 84.4 Å². The number of benzene rings is 2. The standard InChI is InChI=1S/C45H51ClN8O6/c1-44(2)41(45(3,4)42(44)60-32-11-7-29(25-47)34(46)24-32)50-38(57)28-5-8-30(9-6-28)52-17-14-27(15-18-52)13-16-51-19-21-53(22-20-51)43-48-26-33-37(49-43)40(59)54(39(33)58)35-12-10-31(55)23-36(35)56/h5-9,11,24,26-27,35,41-42H,10,12-23H2,1-4H3,(H,50,57). The molecule has 1 aromatic heterocycles. The van der Waals surface area contributed by atoms with Crippen molar-refractivity contribution >= 4 is 52.5 Å². The Morgan fingerprint density at radius 2 is 1.62 bits per heavy atom. The van der Waals surface area contributed by atoms with Crippen molar-refractivity contribution in [2.24, 2.45) is 16.7 Å². The number of hydrogen-bond donors (Lipinski definition) is 1. The van der Waals surface area contributed by atoms with E-state index in [1.807, 2.05) is 29.2 Å². The number of piperidine rings is 1. The molecular formula is C45H51ClN8O6. The highest BCUT2D eigenvalue weighted by atomic mass is 35.5. The van der Waals surface area contributed by atoms with Gasteiger partial charge >= 0.3 is 0 Å². The van der Waals surface area contributed by atoms with Crippen molar-refractivity contribution < 1.29 is 28.7 Å². The van der Waals surface area contributed by atoms with Crippen molar-refractivity contribution in [3.63, 3.8) is 0 Å². The summed E-state index contributed by atoms with van der Waals surface area (Å²) in [7, 11) is 0. The number of anilines is 2. The van der Waals surface area contributed by atoms with Crippen LogP contribution in [-0.2, 0) is 9.59 Å². The SMILES string of the molecule is CC1(C)C(NC(=O)c2ccc(N3CCC(CCN4CCN(c5ncc6c(n5)C(=O)N(C5CCC(=O)CC5=O)C6=O)CC4)CC3)cc2)C(C)(C)C1Oc1ccc(C#N)c(Cl)c1. The lowest BCUT2D eigenvalue weighted by Gasteiger charge is -2.63. The van der Waals surface area contributed by atoms with Gasteiger partial charge in [-0.15, -0.1) is 0 Å².